The molecule has 2 aliphatic carbocycles. The summed E-state index contributed by atoms with van der Waals surface area (Å²) in [5.74, 6) is -0.335. The van der Waals surface area contributed by atoms with Crippen LogP contribution in [0.25, 0.3) is 16.7 Å². The Morgan fingerprint density at radius 1 is 1.02 bits per heavy atom. The monoisotopic (exact) mass is 595 g/mol. The third kappa shape index (κ3) is 4.77. The minimum Gasteiger partial charge on any atom is -0.370 e. The maximum Gasteiger partial charge on any atom is 0.303 e. The maximum absolute atomic E-state index is 13.9. The van der Waals surface area contributed by atoms with E-state index in [1.54, 1.807) is 22.9 Å². The fourth-order valence-corrected chi connectivity index (χ4v) is 7.61. The Morgan fingerprint density at radius 3 is 2.40 bits per heavy atom. The number of nitrogens with one attached hydrogen (secondary N) is 1. The van der Waals surface area contributed by atoms with Crippen molar-refractivity contribution in [3.8, 4) is 5.69 Å². The van der Waals surface area contributed by atoms with Gasteiger partial charge in [0.1, 0.15) is 11.5 Å². The van der Waals surface area contributed by atoms with E-state index in [-0.39, 0.29) is 17.4 Å². The lowest BCUT2D eigenvalue weighted by molar-refractivity contribution is 0.0924. The number of hydrogen-bond acceptors (Lipinski definition) is 7. The van der Waals surface area contributed by atoms with E-state index in [1.807, 2.05) is 0 Å². The summed E-state index contributed by atoms with van der Waals surface area (Å²) in [6.45, 7) is 2.85. The molecule has 1 N–H and O–H groups in total. The van der Waals surface area contributed by atoms with Crippen LogP contribution >= 0.6 is 0 Å². The van der Waals surface area contributed by atoms with E-state index in [0.717, 1.165) is 78.9 Å². The number of nitrogens with zero attached hydrogens (tertiary/aromatic N) is 6. The van der Waals surface area contributed by atoms with Crippen molar-refractivity contribution in [1.82, 2.24) is 28.7 Å². The highest BCUT2D eigenvalue weighted by atomic mass is 32.2. The van der Waals surface area contributed by atoms with Crippen molar-refractivity contribution in [3.63, 3.8) is 0 Å². The first-order valence-corrected chi connectivity index (χ1v) is 16.6. The number of carbonyl (C=O) groups excluding carboxylic acids is 1. The number of piperidine rings is 1. The number of aromatic nitrogens is 3. The largest absolute Gasteiger partial charge is 0.370 e. The van der Waals surface area contributed by atoms with Gasteiger partial charge in [-0.1, -0.05) is 12.8 Å². The Hall–Kier alpha value is -3.09. The van der Waals surface area contributed by atoms with Gasteiger partial charge in [0, 0.05) is 45.2 Å². The van der Waals surface area contributed by atoms with Crippen molar-refractivity contribution in [1.29, 1.82) is 0 Å². The molecule has 2 saturated carbocycles. The molecule has 2 aromatic heterocycles. The second kappa shape index (κ2) is 10.6. The molecule has 42 heavy (non-hydrogen) atoms. The van der Waals surface area contributed by atoms with Crippen LogP contribution in [0.3, 0.4) is 0 Å². The SMILES string of the molecule is CN(C)S(=O)(=O)NC(=O)c1cc(N2CCC3C(CCN3C3CCC3)C2)c2c(C3CCC3)nn(-c3ccc(F)cc3)c2n1. The Morgan fingerprint density at radius 2 is 1.76 bits per heavy atom. The summed E-state index contributed by atoms with van der Waals surface area (Å²) in [4.78, 5) is 23.2. The average Bonchev–Trinajstić information content (AvgIpc) is 3.48. The van der Waals surface area contributed by atoms with Gasteiger partial charge in [-0.15, -0.1) is 0 Å². The second-order valence-corrected chi connectivity index (χ2v) is 14.4. The van der Waals surface area contributed by atoms with Crippen molar-refractivity contribution < 1.29 is 17.6 Å². The molecule has 2 unspecified atom stereocenters. The molecule has 0 bridgehead atoms. The molecule has 1 amide bonds. The summed E-state index contributed by atoms with van der Waals surface area (Å²) in [6.07, 6.45) is 9.33. The molecule has 2 aliphatic heterocycles. The molecule has 1 aromatic carbocycles. The fourth-order valence-electron chi connectivity index (χ4n) is 7.09. The molecule has 4 aliphatic rings. The lowest BCUT2D eigenvalue weighted by atomic mass is 9.81. The molecule has 2 saturated heterocycles. The van der Waals surface area contributed by atoms with Crippen LogP contribution in [0.1, 0.15) is 73.5 Å². The molecule has 3 aromatic rings. The van der Waals surface area contributed by atoms with Crippen molar-refractivity contribution in [2.45, 2.75) is 69.4 Å². The molecular weight excluding hydrogens is 557 g/mol. The quantitative estimate of drug-likeness (QED) is 0.443. The van der Waals surface area contributed by atoms with E-state index in [1.165, 1.54) is 45.5 Å². The molecule has 224 valence electrons. The van der Waals surface area contributed by atoms with Gasteiger partial charge in [-0.25, -0.2) is 18.8 Å². The number of pyridine rings is 1. The Labute approximate surface area is 246 Å². The van der Waals surface area contributed by atoms with Gasteiger partial charge in [-0.3, -0.25) is 9.69 Å². The van der Waals surface area contributed by atoms with E-state index in [0.29, 0.717) is 23.3 Å². The predicted molar refractivity (Wildman–Crippen MR) is 159 cm³/mol. The maximum atomic E-state index is 13.9. The number of fused-ring (bicyclic) bond motifs is 2. The lowest BCUT2D eigenvalue weighted by Gasteiger charge is -2.44. The standard InChI is InChI=1S/C30H38FN7O3S/c1-35(2)42(40,41)34-30(39)24-17-26(36-15-14-25-20(18-36)13-16-37(25)22-7-4-8-22)27-28(19-5-3-6-19)33-38(29(27)32-24)23-11-9-21(31)10-12-23/h9-12,17,19-20,22,25H,3-8,13-16,18H2,1-2H3,(H,34,39). The van der Waals surface area contributed by atoms with Gasteiger partial charge in [-0.2, -0.15) is 17.8 Å². The van der Waals surface area contributed by atoms with E-state index in [9.17, 15) is 17.6 Å². The van der Waals surface area contributed by atoms with Gasteiger partial charge in [0.15, 0.2) is 5.65 Å². The number of amides is 1. The second-order valence-electron chi connectivity index (χ2n) is 12.5. The van der Waals surface area contributed by atoms with Crippen LogP contribution in [-0.2, 0) is 10.2 Å². The van der Waals surface area contributed by atoms with Gasteiger partial charge in [0.2, 0.25) is 0 Å². The van der Waals surface area contributed by atoms with Gasteiger partial charge < -0.3 is 4.90 Å². The van der Waals surface area contributed by atoms with E-state index in [2.05, 4.69) is 14.5 Å². The number of benzene rings is 1. The topological polar surface area (TPSA) is 104 Å². The van der Waals surface area contributed by atoms with E-state index < -0.39 is 16.1 Å². The van der Waals surface area contributed by atoms with Gasteiger partial charge in [0.25, 0.3) is 5.91 Å². The van der Waals surface area contributed by atoms with Crippen LogP contribution in [0, 0.1) is 11.7 Å². The van der Waals surface area contributed by atoms with Crippen LogP contribution in [-0.4, -0.2) is 84.1 Å². The Bertz CT molecular complexity index is 1620. The van der Waals surface area contributed by atoms with Crippen LogP contribution in [0.2, 0.25) is 0 Å². The molecule has 7 rings (SSSR count). The molecule has 4 fully saturated rings. The Balaban J connectivity index is 1.34. The minimum absolute atomic E-state index is 0.0102. The molecule has 12 heteroatoms. The molecule has 4 heterocycles. The molecule has 10 nitrogen and oxygen atoms in total. The number of anilines is 1. The third-order valence-corrected chi connectivity index (χ3v) is 11.3. The number of likely N-dealkylation sites (tertiary alicyclic amines) is 1. The van der Waals surface area contributed by atoms with Crippen molar-refractivity contribution in [3.05, 3.63) is 47.5 Å². The summed E-state index contributed by atoms with van der Waals surface area (Å²) < 4.78 is 43.8. The summed E-state index contributed by atoms with van der Waals surface area (Å²) in [5, 5.41) is 5.93. The summed E-state index contributed by atoms with van der Waals surface area (Å²) in [7, 11) is -1.29. The van der Waals surface area contributed by atoms with Crippen molar-refractivity contribution in [2.24, 2.45) is 5.92 Å². The first kappa shape index (κ1) is 27.7. The highest BCUT2D eigenvalue weighted by Gasteiger charge is 2.43. The molecule has 0 radical (unpaired) electrons. The van der Waals surface area contributed by atoms with Gasteiger partial charge in [-0.05, 0) is 81.3 Å². The highest BCUT2D eigenvalue weighted by Crippen LogP contribution is 2.45. The van der Waals surface area contributed by atoms with E-state index >= 15 is 0 Å². The fraction of sp³-hybridized carbons (Fsp3) is 0.567. The lowest BCUT2D eigenvalue weighted by Crippen LogP contribution is -2.50. The number of hydrogen-bond donors (Lipinski definition) is 1. The smallest absolute Gasteiger partial charge is 0.303 e. The molecular formula is C30H38FN7O3S. The first-order chi connectivity index (χ1) is 20.2. The van der Waals surface area contributed by atoms with Gasteiger partial charge >= 0.3 is 10.2 Å². The predicted octanol–water partition coefficient (Wildman–Crippen LogP) is 3.82. The zero-order chi connectivity index (χ0) is 29.2. The molecule has 0 spiro atoms. The number of carbonyl (C=O) groups is 1. The summed E-state index contributed by atoms with van der Waals surface area (Å²) in [6, 6.07) is 9.13. The first-order valence-electron chi connectivity index (χ1n) is 15.1. The molecule has 2 atom stereocenters. The number of halogens is 1. The number of rotatable bonds is 7. The normalized spacial score (nSPS) is 23.7. The van der Waals surface area contributed by atoms with E-state index in [4.69, 9.17) is 10.1 Å². The summed E-state index contributed by atoms with van der Waals surface area (Å²) in [5.41, 5.74) is 2.95. The highest BCUT2D eigenvalue weighted by molar-refractivity contribution is 7.87. The van der Waals surface area contributed by atoms with Crippen molar-refractivity contribution >= 4 is 32.8 Å². The van der Waals surface area contributed by atoms with Crippen LogP contribution in [0.5, 0.6) is 0 Å². The zero-order valence-electron chi connectivity index (χ0n) is 24.2. The Kier molecular flexibility index (Phi) is 6.98. The third-order valence-electron chi connectivity index (χ3n) is 9.90. The zero-order valence-corrected chi connectivity index (χ0v) is 25.0. The van der Waals surface area contributed by atoms with Crippen LogP contribution in [0.15, 0.2) is 30.3 Å². The van der Waals surface area contributed by atoms with Crippen LogP contribution in [0.4, 0.5) is 10.1 Å². The summed E-state index contributed by atoms with van der Waals surface area (Å²) >= 11 is 0. The average molecular weight is 596 g/mol. The van der Waals surface area contributed by atoms with Crippen LogP contribution < -0.4 is 9.62 Å². The van der Waals surface area contributed by atoms with Gasteiger partial charge in [0.05, 0.1) is 22.5 Å². The minimum atomic E-state index is -4.02. The van der Waals surface area contributed by atoms with Crippen molar-refractivity contribution in [2.75, 3.05) is 38.6 Å².